The van der Waals surface area contributed by atoms with Gasteiger partial charge in [0.25, 0.3) is 0 Å². The maximum atomic E-state index is 11.1. The van der Waals surface area contributed by atoms with Gasteiger partial charge in [0, 0.05) is 12.0 Å². The van der Waals surface area contributed by atoms with Crippen molar-refractivity contribution in [2.45, 2.75) is 39.2 Å². The second-order valence-corrected chi connectivity index (χ2v) is 4.15. The molecule has 0 saturated carbocycles. The molecule has 0 fully saturated rings. The van der Waals surface area contributed by atoms with E-state index in [2.05, 4.69) is 5.32 Å². The number of carbonyl (C=O) groups excluding carboxylic acids is 2. The number of amides is 3. The van der Waals surface area contributed by atoms with Gasteiger partial charge in [0.15, 0.2) is 0 Å². The molecule has 15 heavy (non-hydrogen) atoms. The molecule has 86 valence electrons. The third kappa shape index (κ3) is 8.73. The summed E-state index contributed by atoms with van der Waals surface area (Å²) >= 11 is 0. The number of carboxylic acid groups (broad SMARTS) is 1. The fourth-order valence-electron chi connectivity index (χ4n) is 0.781. The van der Waals surface area contributed by atoms with Gasteiger partial charge >= 0.3 is 12.0 Å². The minimum atomic E-state index is -1.07. The second-order valence-electron chi connectivity index (χ2n) is 4.15. The fourth-order valence-corrected chi connectivity index (χ4v) is 0.781. The molecule has 0 unspecified atom stereocenters. The van der Waals surface area contributed by atoms with Gasteiger partial charge in [-0.3, -0.25) is 14.9 Å². The summed E-state index contributed by atoms with van der Waals surface area (Å²) in [5.74, 6) is -1.67. The Labute approximate surface area is 88.0 Å². The normalized spacial score (nSPS) is 10.6. The number of hydrogen-bond acceptors (Lipinski definition) is 3. The summed E-state index contributed by atoms with van der Waals surface area (Å²) in [5.41, 5.74) is -0.433. The number of nitrogens with one attached hydrogen (secondary N) is 2. The third-order valence-corrected chi connectivity index (χ3v) is 1.31. The molecule has 0 bridgehead atoms. The molecular weight excluding hydrogens is 200 g/mol. The molecule has 6 nitrogen and oxygen atoms in total. The van der Waals surface area contributed by atoms with Crippen LogP contribution in [0.25, 0.3) is 0 Å². The molecule has 0 aromatic heterocycles. The summed E-state index contributed by atoms with van der Waals surface area (Å²) in [7, 11) is 0. The smallest absolute Gasteiger partial charge is 0.321 e. The van der Waals surface area contributed by atoms with Gasteiger partial charge in [0.05, 0.1) is 6.42 Å². The molecule has 3 N–H and O–H groups in total. The number of aliphatic carboxylic acids is 1. The van der Waals surface area contributed by atoms with Crippen LogP contribution >= 0.6 is 0 Å². The van der Waals surface area contributed by atoms with Crippen LogP contribution in [0.15, 0.2) is 0 Å². The summed E-state index contributed by atoms with van der Waals surface area (Å²) in [6.07, 6.45) is -0.485. The van der Waals surface area contributed by atoms with E-state index in [1.165, 1.54) is 0 Å². The molecule has 0 aromatic carbocycles. The van der Waals surface area contributed by atoms with Crippen molar-refractivity contribution in [2.24, 2.45) is 0 Å². The van der Waals surface area contributed by atoms with Gasteiger partial charge in [0.2, 0.25) is 5.91 Å². The van der Waals surface area contributed by atoms with E-state index in [-0.39, 0.29) is 12.8 Å². The van der Waals surface area contributed by atoms with Crippen molar-refractivity contribution in [2.75, 3.05) is 0 Å². The van der Waals surface area contributed by atoms with E-state index in [1.807, 2.05) is 5.32 Å². The van der Waals surface area contributed by atoms with E-state index >= 15 is 0 Å². The van der Waals surface area contributed by atoms with Gasteiger partial charge < -0.3 is 10.4 Å². The first-order chi connectivity index (χ1) is 6.70. The minimum absolute atomic E-state index is 0.201. The lowest BCUT2D eigenvalue weighted by Gasteiger charge is -2.20. The molecule has 0 radical (unpaired) electrons. The van der Waals surface area contributed by atoms with Gasteiger partial charge in [-0.2, -0.15) is 0 Å². The summed E-state index contributed by atoms with van der Waals surface area (Å²) in [6, 6.07) is -0.613. The molecular formula is C9H16N2O4. The first kappa shape index (κ1) is 13.4. The highest BCUT2D eigenvalue weighted by Crippen LogP contribution is 1.97. The Kier molecular flexibility index (Phi) is 4.77. The Balaban J connectivity index is 3.87. The standard InChI is InChI=1S/C9H16N2O4/c1-9(2,3)11-8(15)10-6(12)4-5-7(13)14/h4-5H2,1-3H3,(H,13,14)(H2,10,11,12,15). The number of rotatable bonds is 3. The number of imide groups is 1. The van der Waals surface area contributed by atoms with Crippen LogP contribution in [-0.4, -0.2) is 28.6 Å². The fraction of sp³-hybridized carbons (Fsp3) is 0.667. The lowest BCUT2D eigenvalue weighted by atomic mass is 10.1. The molecule has 0 saturated heterocycles. The highest BCUT2D eigenvalue weighted by Gasteiger charge is 2.15. The summed E-state index contributed by atoms with van der Waals surface area (Å²) < 4.78 is 0. The van der Waals surface area contributed by atoms with Crippen LogP contribution in [0.1, 0.15) is 33.6 Å². The quantitative estimate of drug-likeness (QED) is 0.639. The summed E-state index contributed by atoms with van der Waals surface area (Å²) in [4.78, 5) is 32.3. The number of hydrogen-bond donors (Lipinski definition) is 3. The Morgan fingerprint density at radius 1 is 1.13 bits per heavy atom. The molecule has 0 aliphatic rings. The molecule has 0 heterocycles. The average Bonchev–Trinajstić information content (AvgIpc) is 1.96. The molecule has 3 amide bonds. The first-order valence-corrected chi connectivity index (χ1v) is 4.54. The Hall–Kier alpha value is -1.59. The van der Waals surface area contributed by atoms with Crippen LogP contribution in [0.4, 0.5) is 4.79 Å². The Bertz CT molecular complexity index is 268. The van der Waals surface area contributed by atoms with Crippen LogP contribution in [-0.2, 0) is 9.59 Å². The molecule has 6 heteroatoms. The lowest BCUT2D eigenvalue weighted by Crippen LogP contribution is -2.48. The van der Waals surface area contributed by atoms with Crippen LogP contribution in [0.3, 0.4) is 0 Å². The van der Waals surface area contributed by atoms with E-state index in [4.69, 9.17) is 5.11 Å². The maximum absolute atomic E-state index is 11.1. The zero-order chi connectivity index (χ0) is 12.1. The van der Waals surface area contributed by atoms with Crippen LogP contribution in [0.5, 0.6) is 0 Å². The van der Waals surface area contributed by atoms with Crippen molar-refractivity contribution in [1.29, 1.82) is 0 Å². The zero-order valence-electron chi connectivity index (χ0n) is 9.09. The monoisotopic (exact) mass is 216 g/mol. The highest BCUT2D eigenvalue weighted by atomic mass is 16.4. The predicted octanol–water partition coefficient (Wildman–Crippen LogP) is 0.475. The molecule has 0 aliphatic carbocycles. The Morgan fingerprint density at radius 2 is 1.67 bits per heavy atom. The van der Waals surface area contributed by atoms with Crippen molar-refractivity contribution in [1.82, 2.24) is 10.6 Å². The summed E-state index contributed by atoms with van der Waals surface area (Å²) in [6.45, 7) is 5.32. The SMILES string of the molecule is CC(C)(C)NC(=O)NC(=O)CCC(=O)O. The van der Waals surface area contributed by atoms with Gasteiger partial charge in [-0.1, -0.05) is 0 Å². The van der Waals surface area contributed by atoms with Crippen molar-refractivity contribution in [3.63, 3.8) is 0 Å². The van der Waals surface area contributed by atoms with E-state index in [1.54, 1.807) is 20.8 Å². The first-order valence-electron chi connectivity index (χ1n) is 4.54. The van der Waals surface area contributed by atoms with Gasteiger partial charge in [0.1, 0.15) is 0 Å². The van der Waals surface area contributed by atoms with Crippen molar-refractivity contribution >= 4 is 17.9 Å². The lowest BCUT2D eigenvalue weighted by molar-refractivity contribution is -0.138. The number of carbonyl (C=O) groups is 3. The molecule has 0 aliphatic heterocycles. The van der Waals surface area contributed by atoms with Crippen molar-refractivity contribution in [3.8, 4) is 0 Å². The number of urea groups is 1. The second kappa shape index (κ2) is 5.33. The van der Waals surface area contributed by atoms with E-state index in [0.717, 1.165) is 0 Å². The van der Waals surface area contributed by atoms with Crippen LogP contribution in [0.2, 0.25) is 0 Å². The van der Waals surface area contributed by atoms with E-state index in [0.29, 0.717) is 0 Å². The molecule has 0 spiro atoms. The topological polar surface area (TPSA) is 95.5 Å². The van der Waals surface area contributed by atoms with Crippen molar-refractivity contribution in [3.05, 3.63) is 0 Å². The van der Waals surface area contributed by atoms with Crippen LogP contribution in [0, 0.1) is 0 Å². The van der Waals surface area contributed by atoms with Gasteiger partial charge in [-0.25, -0.2) is 4.79 Å². The molecule has 0 atom stereocenters. The summed E-state index contributed by atoms with van der Waals surface area (Å²) in [5, 5.41) is 12.9. The maximum Gasteiger partial charge on any atom is 0.321 e. The van der Waals surface area contributed by atoms with Crippen LogP contribution < -0.4 is 10.6 Å². The van der Waals surface area contributed by atoms with Crippen molar-refractivity contribution < 1.29 is 19.5 Å². The largest absolute Gasteiger partial charge is 0.481 e. The van der Waals surface area contributed by atoms with E-state index in [9.17, 15) is 14.4 Å². The average molecular weight is 216 g/mol. The Morgan fingerprint density at radius 3 is 2.07 bits per heavy atom. The zero-order valence-corrected chi connectivity index (χ0v) is 9.09. The van der Waals surface area contributed by atoms with Gasteiger partial charge in [-0.05, 0) is 20.8 Å². The predicted molar refractivity (Wildman–Crippen MR) is 53.3 cm³/mol. The number of carboxylic acids is 1. The third-order valence-electron chi connectivity index (χ3n) is 1.31. The molecule has 0 aromatic rings. The van der Waals surface area contributed by atoms with E-state index < -0.39 is 23.4 Å². The van der Waals surface area contributed by atoms with Gasteiger partial charge in [-0.15, -0.1) is 0 Å². The minimum Gasteiger partial charge on any atom is -0.481 e. The molecule has 0 rings (SSSR count). The highest BCUT2D eigenvalue weighted by molar-refractivity contribution is 5.95.